The topological polar surface area (TPSA) is 136 Å². The van der Waals surface area contributed by atoms with E-state index in [0.717, 1.165) is 11.0 Å². The molecule has 30 heavy (non-hydrogen) atoms. The first kappa shape index (κ1) is 20.6. The average molecular weight is 411 g/mol. The molecule has 2 aromatic rings. The van der Waals surface area contributed by atoms with Crippen molar-refractivity contribution in [2.45, 2.75) is 19.4 Å². The molecule has 0 aliphatic carbocycles. The van der Waals surface area contributed by atoms with Crippen molar-refractivity contribution >= 4 is 35.1 Å². The van der Waals surface area contributed by atoms with Gasteiger partial charge >= 0.3 is 5.97 Å². The molecule has 0 saturated carbocycles. The highest BCUT2D eigenvalue weighted by Crippen LogP contribution is 2.30. The second kappa shape index (κ2) is 8.52. The third kappa shape index (κ3) is 4.17. The van der Waals surface area contributed by atoms with Gasteiger partial charge < -0.3 is 10.1 Å². The van der Waals surface area contributed by atoms with Crippen LogP contribution in [0.5, 0.6) is 0 Å². The van der Waals surface area contributed by atoms with Crippen LogP contribution >= 0.6 is 0 Å². The molecule has 0 fully saturated rings. The van der Waals surface area contributed by atoms with E-state index >= 15 is 0 Å². The predicted molar refractivity (Wildman–Crippen MR) is 104 cm³/mol. The van der Waals surface area contributed by atoms with E-state index < -0.39 is 40.4 Å². The largest absolute Gasteiger partial charge is 0.452 e. The molecule has 0 spiro atoms. The van der Waals surface area contributed by atoms with E-state index in [4.69, 9.17) is 4.74 Å². The molecule has 3 amide bonds. The van der Waals surface area contributed by atoms with Gasteiger partial charge in [-0.05, 0) is 25.1 Å². The van der Waals surface area contributed by atoms with Gasteiger partial charge in [0.05, 0.1) is 16.9 Å². The first-order chi connectivity index (χ1) is 14.3. The lowest BCUT2D eigenvalue weighted by Crippen LogP contribution is -2.34. The minimum Gasteiger partial charge on any atom is -0.452 e. The van der Waals surface area contributed by atoms with E-state index in [2.05, 4.69) is 5.32 Å². The molecule has 2 aromatic carbocycles. The number of anilines is 1. The van der Waals surface area contributed by atoms with Gasteiger partial charge in [0.2, 0.25) is 0 Å². The van der Waals surface area contributed by atoms with E-state index in [0.29, 0.717) is 5.69 Å². The number of rotatable bonds is 7. The maximum Gasteiger partial charge on any atom is 0.308 e. The fourth-order valence-electron chi connectivity index (χ4n) is 2.95. The number of nitrogens with one attached hydrogen (secondary N) is 1. The standard InChI is InChI=1S/C20H17N3O7/c1-12(18(25)21-13-6-3-2-4-7-13)30-16(24)10-11-22-19(26)14-8-5-9-15(23(28)29)17(14)20(22)27/h2-9,12H,10-11H2,1H3,(H,21,25). The molecular formula is C20H17N3O7. The zero-order valence-electron chi connectivity index (χ0n) is 15.9. The maximum atomic E-state index is 12.5. The van der Waals surface area contributed by atoms with Crippen molar-refractivity contribution in [1.82, 2.24) is 4.90 Å². The van der Waals surface area contributed by atoms with Crippen LogP contribution in [0, 0.1) is 10.1 Å². The summed E-state index contributed by atoms with van der Waals surface area (Å²) < 4.78 is 5.05. The monoisotopic (exact) mass is 411 g/mol. The van der Waals surface area contributed by atoms with E-state index in [-0.39, 0.29) is 24.1 Å². The molecule has 10 nitrogen and oxygen atoms in total. The quantitative estimate of drug-likeness (QED) is 0.319. The number of nitro groups is 1. The van der Waals surface area contributed by atoms with Crippen LogP contribution in [-0.4, -0.2) is 46.2 Å². The summed E-state index contributed by atoms with van der Waals surface area (Å²) in [6.45, 7) is 1.07. The smallest absolute Gasteiger partial charge is 0.308 e. The SMILES string of the molecule is CC(OC(=O)CCN1C(=O)c2cccc([N+](=O)[O-])c2C1=O)C(=O)Nc1ccccc1. The molecule has 1 aliphatic rings. The molecule has 1 atom stereocenters. The highest BCUT2D eigenvalue weighted by molar-refractivity contribution is 6.23. The van der Waals surface area contributed by atoms with E-state index in [1.807, 2.05) is 0 Å². The zero-order valence-corrected chi connectivity index (χ0v) is 15.9. The molecule has 3 rings (SSSR count). The summed E-state index contributed by atoms with van der Waals surface area (Å²) in [6.07, 6.45) is -1.46. The lowest BCUT2D eigenvalue weighted by molar-refractivity contribution is -0.385. The van der Waals surface area contributed by atoms with Crippen molar-refractivity contribution < 1.29 is 28.8 Å². The number of benzene rings is 2. The van der Waals surface area contributed by atoms with Crippen molar-refractivity contribution in [3.63, 3.8) is 0 Å². The summed E-state index contributed by atoms with van der Waals surface area (Å²) in [5.41, 5.74) is -0.310. The second-order valence-corrected chi connectivity index (χ2v) is 6.46. The molecule has 154 valence electrons. The average Bonchev–Trinajstić information content (AvgIpc) is 2.97. The van der Waals surface area contributed by atoms with Gasteiger partial charge in [-0.1, -0.05) is 24.3 Å². The summed E-state index contributed by atoms with van der Waals surface area (Å²) in [5.74, 6) is -2.89. The Kier molecular flexibility index (Phi) is 5.86. The van der Waals surface area contributed by atoms with Crippen LogP contribution in [-0.2, 0) is 14.3 Å². The second-order valence-electron chi connectivity index (χ2n) is 6.46. The molecule has 0 bridgehead atoms. The molecular weight excluding hydrogens is 394 g/mol. The highest BCUT2D eigenvalue weighted by Gasteiger charge is 2.40. The van der Waals surface area contributed by atoms with Gasteiger partial charge in [0.1, 0.15) is 5.56 Å². The van der Waals surface area contributed by atoms with Gasteiger partial charge in [-0.3, -0.25) is 34.2 Å². The third-order valence-electron chi connectivity index (χ3n) is 4.43. The maximum absolute atomic E-state index is 12.5. The van der Waals surface area contributed by atoms with Gasteiger partial charge in [-0.2, -0.15) is 0 Å². The van der Waals surface area contributed by atoms with Crippen molar-refractivity contribution in [2.75, 3.05) is 11.9 Å². The summed E-state index contributed by atoms with van der Waals surface area (Å²) in [7, 11) is 0. The Labute approximate surface area is 170 Å². The Morgan fingerprint density at radius 3 is 2.47 bits per heavy atom. The highest BCUT2D eigenvalue weighted by atomic mass is 16.6. The van der Waals surface area contributed by atoms with E-state index in [9.17, 15) is 29.3 Å². The first-order valence-electron chi connectivity index (χ1n) is 8.98. The Bertz CT molecular complexity index is 1040. The van der Waals surface area contributed by atoms with Crippen LogP contribution in [0.2, 0.25) is 0 Å². The number of hydrogen-bond donors (Lipinski definition) is 1. The number of nitro benzene ring substituents is 1. The number of amides is 3. The van der Waals surface area contributed by atoms with Crippen LogP contribution in [0.1, 0.15) is 34.1 Å². The summed E-state index contributed by atoms with van der Waals surface area (Å²) in [4.78, 5) is 60.1. The van der Waals surface area contributed by atoms with E-state index in [1.54, 1.807) is 30.3 Å². The van der Waals surface area contributed by atoms with Gasteiger partial charge in [0.25, 0.3) is 23.4 Å². The molecule has 0 saturated heterocycles. The van der Waals surface area contributed by atoms with E-state index in [1.165, 1.54) is 19.1 Å². The molecule has 1 aliphatic heterocycles. The minimum atomic E-state index is -1.10. The predicted octanol–water partition coefficient (Wildman–Crippen LogP) is 2.15. The van der Waals surface area contributed by atoms with Crippen LogP contribution in [0.25, 0.3) is 0 Å². The lowest BCUT2D eigenvalue weighted by Gasteiger charge is -2.16. The Morgan fingerprint density at radius 1 is 1.10 bits per heavy atom. The van der Waals surface area contributed by atoms with Crippen LogP contribution in [0.4, 0.5) is 11.4 Å². The molecule has 1 unspecified atom stereocenters. The van der Waals surface area contributed by atoms with Crippen molar-refractivity contribution in [3.8, 4) is 0 Å². The zero-order chi connectivity index (χ0) is 21.8. The summed E-state index contributed by atoms with van der Waals surface area (Å²) in [5, 5.41) is 13.7. The molecule has 0 radical (unpaired) electrons. The fraction of sp³-hybridized carbons (Fsp3) is 0.200. The Hall–Kier alpha value is -4.08. The van der Waals surface area contributed by atoms with Gasteiger partial charge in [-0.15, -0.1) is 0 Å². The van der Waals surface area contributed by atoms with Gasteiger partial charge in [-0.25, -0.2) is 0 Å². The summed E-state index contributed by atoms with van der Waals surface area (Å²) >= 11 is 0. The van der Waals surface area contributed by atoms with Gasteiger partial charge in [0, 0.05) is 18.3 Å². The Morgan fingerprint density at radius 2 is 1.80 bits per heavy atom. The van der Waals surface area contributed by atoms with Crippen LogP contribution < -0.4 is 5.32 Å². The van der Waals surface area contributed by atoms with Gasteiger partial charge in [0.15, 0.2) is 6.10 Å². The minimum absolute atomic E-state index is 0.0850. The molecule has 10 heteroatoms. The lowest BCUT2D eigenvalue weighted by atomic mass is 10.1. The number of imide groups is 1. The first-order valence-corrected chi connectivity index (χ1v) is 8.98. The molecule has 1 N–H and O–H groups in total. The number of ether oxygens (including phenoxy) is 1. The van der Waals surface area contributed by atoms with Crippen molar-refractivity contribution in [3.05, 3.63) is 69.8 Å². The number of nitrogens with zero attached hydrogens (tertiary/aromatic N) is 2. The number of carbonyl (C=O) groups is 4. The van der Waals surface area contributed by atoms with Crippen LogP contribution in [0.15, 0.2) is 48.5 Å². The number of para-hydroxylation sites is 1. The number of fused-ring (bicyclic) bond motifs is 1. The summed E-state index contributed by atoms with van der Waals surface area (Å²) in [6, 6.07) is 12.4. The third-order valence-corrected chi connectivity index (χ3v) is 4.43. The number of carbonyl (C=O) groups excluding carboxylic acids is 4. The fourth-order valence-corrected chi connectivity index (χ4v) is 2.95. The number of esters is 1. The van der Waals surface area contributed by atoms with Crippen LogP contribution in [0.3, 0.4) is 0 Å². The molecule has 0 aromatic heterocycles. The molecule has 1 heterocycles. The normalized spacial score (nSPS) is 13.6. The van der Waals surface area contributed by atoms with Crippen molar-refractivity contribution in [2.24, 2.45) is 0 Å². The number of hydrogen-bond acceptors (Lipinski definition) is 7. The Balaban J connectivity index is 1.58. The van der Waals surface area contributed by atoms with Crippen molar-refractivity contribution in [1.29, 1.82) is 0 Å².